The molecule has 0 aromatic heterocycles. The molecule has 5 heteroatoms. The van der Waals surface area contributed by atoms with Crippen molar-refractivity contribution in [3.63, 3.8) is 0 Å². The predicted molar refractivity (Wildman–Crippen MR) is 85.9 cm³/mol. The summed E-state index contributed by atoms with van der Waals surface area (Å²) in [5, 5.41) is 3.36. The van der Waals surface area contributed by atoms with E-state index in [1.54, 1.807) is 24.3 Å². The van der Waals surface area contributed by atoms with Crippen LogP contribution in [0.5, 0.6) is 5.75 Å². The summed E-state index contributed by atoms with van der Waals surface area (Å²) in [6, 6.07) is 10.6. The molecule has 0 spiro atoms. The van der Waals surface area contributed by atoms with Gasteiger partial charge in [0.25, 0.3) is 5.91 Å². The van der Waals surface area contributed by atoms with Gasteiger partial charge >= 0.3 is 0 Å². The lowest BCUT2D eigenvalue weighted by atomic mass is 10.1. The number of anilines is 2. The van der Waals surface area contributed by atoms with Gasteiger partial charge in [0.15, 0.2) is 6.61 Å². The number of nitrogens with two attached hydrogens (primary N) is 1. The standard InChI is InChI=1S/C16H17ClN2O2/c1-10-8-15(11(2)7-14(10)18)21-9-16(20)19-13-5-3-12(17)4-6-13/h3-8H,9,18H2,1-2H3,(H,19,20). The molecule has 2 aromatic carbocycles. The first-order chi connectivity index (χ1) is 9.95. The normalized spacial score (nSPS) is 10.2. The fourth-order valence-corrected chi connectivity index (χ4v) is 1.97. The van der Waals surface area contributed by atoms with Gasteiger partial charge in [-0.1, -0.05) is 11.6 Å². The van der Waals surface area contributed by atoms with E-state index in [4.69, 9.17) is 22.1 Å². The van der Waals surface area contributed by atoms with Crippen molar-refractivity contribution in [1.82, 2.24) is 0 Å². The fourth-order valence-electron chi connectivity index (χ4n) is 1.84. The van der Waals surface area contributed by atoms with Crippen molar-refractivity contribution in [3.05, 3.63) is 52.5 Å². The highest BCUT2D eigenvalue weighted by atomic mass is 35.5. The van der Waals surface area contributed by atoms with Crippen LogP contribution in [-0.2, 0) is 4.79 Å². The second-order valence-electron chi connectivity index (χ2n) is 4.82. The van der Waals surface area contributed by atoms with Crippen molar-refractivity contribution in [2.24, 2.45) is 0 Å². The molecule has 110 valence electrons. The van der Waals surface area contributed by atoms with Crippen molar-refractivity contribution < 1.29 is 9.53 Å². The molecule has 0 bridgehead atoms. The summed E-state index contributed by atoms with van der Waals surface area (Å²) in [5.74, 6) is 0.430. The average molecular weight is 305 g/mol. The third kappa shape index (κ3) is 4.13. The van der Waals surface area contributed by atoms with Crippen molar-refractivity contribution in [2.45, 2.75) is 13.8 Å². The lowest BCUT2D eigenvalue weighted by Gasteiger charge is -2.11. The summed E-state index contributed by atoms with van der Waals surface area (Å²) < 4.78 is 5.54. The van der Waals surface area contributed by atoms with Crippen LogP contribution in [0.2, 0.25) is 5.02 Å². The number of benzene rings is 2. The van der Waals surface area contributed by atoms with Crippen molar-refractivity contribution >= 4 is 28.9 Å². The van der Waals surface area contributed by atoms with Crippen molar-refractivity contribution in [3.8, 4) is 5.75 Å². The van der Waals surface area contributed by atoms with Crippen LogP contribution in [0.3, 0.4) is 0 Å². The Hall–Kier alpha value is -2.20. The highest BCUT2D eigenvalue weighted by Gasteiger charge is 2.07. The van der Waals surface area contributed by atoms with E-state index < -0.39 is 0 Å². The number of rotatable bonds is 4. The van der Waals surface area contributed by atoms with E-state index in [2.05, 4.69) is 5.32 Å². The molecular weight excluding hydrogens is 288 g/mol. The fraction of sp³-hybridized carbons (Fsp3) is 0.188. The Morgan fingerprint density at radius 3 is 2.52 bits per heavy atom. The third-order valence-electron chi connectivity index (χ3n) is 3.05. The number of nitrogens with one attached hydrogen (secondary N) is 1. The molecule has 1 amide bonds. The van der Waals surface area contributed by atoms with Crippen LogP contribution in [0.4, 0.5) is 11.4 Å². The molecule has 0 aliphatic rings. The van der Waals surface area contributed by atoms with Gasteiger partial charge in [0.05, 0.1) is 0 Å². The molecule has 2 rings (SSSR count). The second-order valence-corrected chi connectivity index (χ2v) is 5.25. The van der Waals surface area contributed by atoms with Crippen molar-refractivity contribution in [1.29, 1.82) is 0 Å². The number of carbonyl (C=O) groups is 1. The van der Waals surface area contributed by atoms with E-state index in [1.807, 2.05) is 26.0 Å². The number of carbonyl (C=O) groups excluding carboxylic acids is 1. The van der Waals surface area contributed by atoms with Gasteiger partial charge in [0.2, 0.25) is 0 Å². The summed E-state index contributed by atoms with van der Waals surface area (Å²) in [6.45, 7) is 3.73. The number of aryl methyl sites for hydroxylation is 2. The molecule has 2 aromatic rings. The number of amides is 1. The molecule has 0 unspecified atom stereocenters. The topological polar surface area (TPSA) is 64.3 Å². The van der Waals surface area contributed by atoms with Crippen LogP contribution in [-0.4, -0.2) is 12.5 Å². The van der Waals surface area contributed by atoms with Crippen LogP contribution in [0.15, 0.2) is 36.4 Å². The van der Waals surface area contributed by atoms with Gasteiger partial charge in [-0.2, -0.15) is 0 Å². The Kier molecular flexibility index (Phi) is 4.70. The maximum absolute atomic E-state index is 11.8. The highest BCUT2D eigenvalue weighted by molar-refractivity contribution is 6.30. The third-order valence-corrected chi connectivity index (χ3v) is 3.30. The van der Waals surface area contributed by atoms with Gasteiger partial charge in [-0.3, -0.25) is 4.79 Å². The zero-order valence-electron chi connectivity index (χ0n) is 11.9. The summed E-state index contributed by atoms with van der Waals surface area (Å²) in [4.78, 5) is 11.8. The predicted octanol–water partition coefficient (Wildman–Crippen LogP) is 3.56. The molecule has 0 fully saturated rings. The van der Waals surface area contributed by atoms with Gasteiger partial charge in [-0.05, 0) is 61.4 Å². The van der Waals surface area contributed by atoms with E-state index in [1.165, 1.54) is 0 Å². The lowest BCUT2D eigenvalue weighted by Crippen LogP contribution is -2.20. The maximum Gasteiger partial charge on any atom is 0.262 e. The number of hydrogen-bond acceptors (Lipinski definition) is 3. The molecule has 0 atom stereocenters. The van der Waals surface area contributed by atoms with E-state index in [0.29, 0.717) is 22.1 Å². The molecule has 21 heavy (non-hydrogen) atoms. The molecule has 4 nitrogen and oxygen atoms in total. The molecule has 0 heterocycles. The smallest absolute Gasteiger partial charge is 0.262 e. The van der Waals surface area contributed by atoms with Gasteiger partial charge in [-0.25, -0.2) is 0 Å². The quantitative estimate of drug-likeness (QED) is 0.849. The Balaban J connectivity index is 1.95. The largest absolute Gasteiger partial charge is 0.483 e. The van der Waals surface area contributed by atoms with E-state index in [9.17, 15) is 4.79 Å². The van der Waals surface area contributed by atoms with E-state index in [0.717, 1.165) is 11.1 Å². The van der Waals surface area contributed by atoms with Crippen LogP contribution < -0.4 is 15.8 Å². The minimum Gasteiger partial charge on any atom is -0.483 e. The van der Waals surface area contributed by atoms with Gasteiger partial charge in [-0.15, -0.1) is 0 Å². The Bertz CT molecular complexity index is 654. The van der Waals surface area contributed by atoms with Gasteiger partial charge in [0.1, 0.15) is 5.75 Å². The summed E-state index contributed by atoms with van der Waals surface area (Å²) in [5.41, 5.74) is 9.03. The first-order valence-electron chi connectivity index (χ1n) is 6.50. The maximum atomic E-state index is 11.8. The summed E-state index contributed by atoms with van der Waals surface area (Å²) >= 11 is 5.79. The zero-order valence-corrected chi connectivity index (χ0v) is 12.7. The van der Waals surface area contributed by atoms with Crippen LogP contribution >= 0.6 is 11.6 Å². The molecule has 0 aliphatic heterocycles. The number of halogens is 1. The number of nitrogen functional groups attached to an aromatic ring is 1. The Labute approximate surface area is 128 Å². The summed E-state index contributed by atoms with van der Waals surface area (Å²) in [7, 11) is 0. The van der Waals surface area contributed by atoms with Gasteiger partial charge in [0, 0.05) is 16.4 Å². The highest BCUT2D eigenvalue weighted by Crippen LogP contribution is 2.24. The number of hydrogen-bond donors (Lipinski definition) is 2. The van der Waals surface area contributed by atoms with Crippen molar-refractivity contribution in [2.75, 3.05) is 17.7 Å². The zero-order chi connectivity index (χ0) is 15.4. The van der Waals surface area contributed by atoms with E-state index >= 15 is 0 Å². The molecule has 0 saturated heterocycles. The Morgan fingerprint density at radius 2 is 1.86 bits per heavy atom. The summed E-state index contributed by atoms with van der Waals surface area (Å²) in [6.07, 6.45) is 0. The molecule has 0 saturated carbocycles. The van der Waals surface area contributed by atoms with Crippen LogP contribution in [0.25, 0.3) is 0 Å². The Morgan fingerprint density at radius 1 is 1.19 bits per heavy atom. The second kappa shape index (κ2) is 6.50. The SMILES string of the molecule is Cc1cc(OCC(=O)Nc2ccc(Cl)cc2)c(C)cc1N. The first kappa shape index (κ1) is 15.2. The minimum atomic E-state index is -0.230. The molecule has 3 N–H and O–H groups in total. The minimum absolute atomic E-state index is 0.0627. The lowest BCUT2D eigenvalue weighted by molar-refractivity contribution is -0.118. The van der Waals surface area contributed by atoms with E-state index in [-0.39, 0.29) is 12.5 Å². The molecule has 0 radical (unpaired) electrons. The average Bonchev–Trinajstić information content (AvgIpc) is 2.44. The first-order valence-corrected chi connectivity index (χ1v) is 6.88. The molecule has 0 aliphatic carbocycles. The van der Waals surface area contributed by atoms with Crippen LogP contribution in [0, 0.1) is 13.8 Å². The molecular formula is C16H17ClN2O2. The van der Waals surface area contributed by atoms with Crippen LogP contribution in [0.1, 0.15) is 11.1 Å². The van der Waals surface area contributed by atoms with Gasteiger partial charge < -0.3 is 15.8 Å². The monoisotopic (exact) mass is 304 g/mol. The number of ether oxygens (including phenoxy) is 1.